The van der Waals surface area contributed by atoms with Crippen LogP contribution < -0.4 is 9.64 Å². The van der Waals surface area contributed by atoms with Gasteiger partial charge in [-0.25, -0.2) is 9.97 Å². The third kappa shape index (κ3) is 4.72. The molecule has 0 unspecified atom stereocenters. The topological polar surface area (TPSA) is 71.5 Å². The number of carbonyl (C=O) groups excluding carboxylic acids is 1. The number of carbonyl (C=O) groups is 1. The SMILES string of the molecule is Cc1cnccc1-c1cnc(N(C)C)nc1[C@H]1CCCCN1C(=O)COc1ccccc1. The molecule has 1 aromatic carbocycles. The maximum atomic E-state index is 13.2. The summed E-state index contributed by atoms with van der Waals surface area (Å²) < 4.78 is 5.76. The standard InChI is InChI=1S/C25H29N5O2/c1-18-15-26-13-12-20(18)21-16-27-25(29(2)3)28-24(21)22-11-7-8-14-30(22)23(31)17-32-19-9-5-4-6-10-19/h4-6,9-10,12-13,15-16,22H,7-8,11,14,17H2,1-3H3/t22-/m1/s1. The third-order valence-corrected chi connectivity index (χ3v) is 5.76. The van der Waals surface area contributed by atoms with Crippen LogP contribution in [0.4, 0.5) is 5.95 Å². The number of pyridine rings is 1. The first-order valence-corrected chi connectivity index (χ1v) is 11.0. The number of ether oxygens (including phenoxy) is 1. The van der Waals surface area contributed by atoms with E-state index in [0.29, 0.717) is 18.2 Å². The highest BCUT2D eigenvalue weighted by molar-refractivity contribution is 5.79. The molecule has 0 saturated carbocycles. The summed E-state index contributed by atoms with van der Waals surface area (Å²) in [6, 6.07) is 11.3. The molecule has 32 heavy (non-hydrogen) atoms. The molecule has 1 aliphatic heterocycles. The molecular weight excluding hydrogens is 402 g/mol. The minimum absolute atomic E-state index is 0.00968. The van der Waals surface area contributed by atoms with Crippen LogP contribution in [0.25, 0.3) is 11.1 Å². The Hall–Kier alpha value is -3.48. The molecule has 0 radical (unpaired) electrons. The number of aryl methyl sites for hydroxylation is 1. The van der Waals surface area contributed by atoms with Crippen molar-refractivity contribution in [2.24, 2.45) is 0 Å². The van der Waals surface area contributed by atoms with Crippen molar-refractivity contribution in [2.75, 3.05) is 32.1 Å². The van der Waals surface area contributed by atoms with Crippen LogP contribution >= 0.6 is 0 Å². The first kappa shape index (κ1) is 21.7. The van der Waals surface area contributed by atoms with Gasteiger partial charge in [-0.05, 0) is 55.5 Å². The van der Waals surface area contributed by atoms with Gasteiger partial charge in [0.1, 0.15) is 5.75 Å². The van der Waals surface area contributed by atoms with Crippen molar-refractivity contribution in [3.8, 4) is 16.9 Å². The van der Waals surface area contributed by atoms with E-state index in [1.807, 2.05) is 79.6 Å². The predicted molar refractivity (Wildman–Crippen MR) is 125 cm³/mol. The lowest BCUT2D eigenvalue weighted by Gasteiger charge is -2.36. The highest BCUT2D eigenvalue weighted by Gasteiger charge is 2.32. The minimum atomic E-state index is -0.125. The molecule has 0 bridgehead atoms. The van der Waals surface area contributed by atoms with E-state index in [4.69, 9.17) is 9.72 Å². The van der Waals surface area contributed by atoms with E-state index in [1.165, 1.54) is 0 Å². The number of hydrogen-bond acceptors (Lipinski definition) is 6. The number of para-hydroxylation sites is 1. The molecule has 3 heterocycles. The molecule has 7 nitrogen and oxygen atoms in total. The summed E-state index contributed by atoms with van der Waals surface area (Å²) >= 11 is 0. The van der Waals surface area contributed by atoms with Crippen LogP contribution in [0.1, 0.15) is 36.6 Å². The zero-order valence-corrected chi connectivity index (χ0v) is 18.9. The molecule has 2 aromatic heterocycles. The van der Waals surface area contributed by atoms with Crippen LogP contribution in [0, 0.1) is 6.92 Å². The molecule has 0 aliphatic carbocycles. The quantitative estimate of drug-likeness (QED) is 0.586. The highest BCUT2D eigenvalue weighted by Crippen LogP contribution is 2.37. The molecule has 1 saturated heterocycles. The van der Waals surface area contributed by atoms with E-state index in [2.05, 4.69) is 9.97 Å². The van der Waals surface area contributed by atoms with Gasteiger partial charge in [0.05, 0.1) is 11.7 Å². The normalized spacial score (nSPS) is 16.0. The van der Waals surface area contributed by atoms with Crippen LogP contribution in [0.3, 0.4) is 0 Å². The van der Waals surface area contributed by atoms with E-state index in [1.54, 1.807) is 6.20 Å². The number of piperidine rings is 1. The zero-order valence-electron chi connectivity index (χ0n) is 18.9. The first-order chi connectivity index (χ1) is 15.5. The maximum Gasteiger partial charge on any atom is 0.261 e. The van der Waals surface area contributed by atoms with Crippen molar-refractivity contribution >= 4 is 11.9 Å². The second kappa shape index (κ2) is 9.77. The Balaban J connectivity index is 1.68. The molecular formula is C25H29N5O2. The van der Waals surface area contributed by atoms with Crippen molar-refractivity contribution in [1.29, 1.82) is 0 Å². The Morgan fingerprint density at radius 3 is 2.69 bits per heavy atom. The van der Waals surface area contributed by atoms with E-state index >= 15 is 0 Å². The average molecular weight is 432 g/mol. The fourth-order valence-electron chi connectivity index (χ4n) is 4.10. The number of likely N-dealkylation sites (tertiary alicyclic amines) is 1. The van der Waals surface area contributed by atoms with Crippen molar-refractivity contribution in [2.45, 2.75) is 32.2 Å². The third-order valence-electron chi connectivity index (χ3n) is 5.76. The molecule has 166 valence electrons. The number of benzene rings is 1. The molecule has 4 rings (SSSR count). The van der Waals surface area contributed by atoms with Crippen LogP contribution in [0.2, 0.25) is 0 Å². The first-order valence-electron chi connectivity index (χ1n) is 11.0. The summed E-state index contributed by atoms with van der Waals surface area (Å²) in [6.45, 7) is 2.73. The van der Waals surface area contributed by atoms with Gasteiger partial charge in [0, 0.05) is 44.8 Å². The highest BCUT2D eigenvalue weighted by atomic mass is 16.5. The number of aromatic nitrogens is 3. The minimum Gasteiger partial charge on any atom is -0.484 e. The number of rotatable bonds is 6. The van der Waals surface area contributed by atoms with Gasteiger partial charge in [-0.2, -0.15) is 0 Å². The second-order valence-electron chi connectivity index (χ2n) is 8.25. The number of nitrogens with zero attached hydrogens (tertiary/aromatic N) is 5. The van der Waals surface area contributed by atoms with Gasteiger partial charge in [-0.15, -0.1) is 0 Å². The fourth-order valence-corrected chi connectivity index (χ4v) is 4.10. The summed E-state index contributed by atoms with van der Waals surface area (Å²) in [6.07, 6.45) is 8.38. The van der Waals surface area contributed by atoms with Gasteiger partial charge in [0.25, 0.3) is 5.91 Å². The molecule has 0 spiro atoms. The largest absolute Gasteiger partial charge is 0.484 e. The molecule has 1 amide bonds. The van der Waals surface area contributed by atoms with Crippen molar-refractivity contribution in [3.63, 3.8) is 0 Å². The summed E-state index contributed by atoms with van der Waals surface area (Å²) in [7, 11) is 3.85. The lowest BCUT2D eigenvalue weighted by molar-refractivity contribution is -0.137. The number of hydrogen-bond donors (Lipinski definition) is 0. The summed E-state index contributed by atoms with van der Waals surface area (Å²) in [5.41, 5.74) is 3.92. The molecule has 7 heteroatoms. The molecule has 1 atom stereocenters. The Morgan fingerprint density at radius 2 is 1.94 bits per heavy atom. The van der Waals surface area contributed by atoms with Gasteiger partial charge in [-0.1, -0.05) is 18.2 Å². The molecule has 1 aliphatic rings. The van der Waals surface area contributed by atoms with Crippen LogP contribution in [-0.2, 0) is 4.79 Å². The van der Waals surface area contributed by atoms with E-state index in [-0.39, 0.29) is 18.6 Å². The predicted octanol–water partition coefficient (Wildman–Crippen LogP) is 4.05. The zero-order chi connectivity index (χ0) is 22.5. The van der Waals surface area contributed by atoms with Gasteiger partial charge in [0.2, 0.25) is 5.95 Å². The van der Waals surface area contributed by atoms with Gasteiger partial charge < -0.3 is 14.5 Å². The Morgan fingerprint density at radius 1 is 1.12 bits per heavy atom. The number of amides is 1. The van der Waals surface area contributed by atoms with E-state index in [0.717, 1.165) is 41.6 Å². The monoisotopic (exact) mass is 431 g/mol. The Labute approximate surface area is 189 Å². The van der Waals surface area contributed by atoms with Crippen molar-refractivity contribution in [1.82, 2.24) is 19.9 Å². The fraction of sp³-hybridized carbons (Fsp3) is 0.360. The van der Waals surface area contributed by atoms with E-state index < -0.39 is 0 Å². The van der Waals surface area contributed by atoms with Gasteiger partial charge in [-0.3, -0.25) is 9.78 Å². The summed E-state index contributed by atoms with van der Waals surface area (Å²) in [4.78, 5) is 30.8. The molecule has 1 fully saturated rings. The Kier molecular flexibility index (Phi) is 6.63. The number of anilines is 1. The van der Waals surface area contributed by atoms with Crippen LogP contribution in [-0.4, -0.2) is 53.0 Å². The van der Waals surface area contributed by atoms with Crippen molar-refractivity contribution < 1.29 is 9.53 Å². The van der Waals surface area contributed by atoms with Crippen LogP contribution in [0.5, 0.6) is 5.75 Å². The maximum absolute atomic E-state index is 13.2. The second-order valence-corrected chi connectivity index (χ2v) is 8.25. The molecule has 3 aromatic rings. The van der Waals surface area contributed by atoms with Crippen molar-refractivity contribution in [3.05, 3.63) is 66.2 Å². The Bertz CT molecular complexity index is 1070. The smallest absolute Gasteiger partial charge is 0.261 e. The average Bonchev–Trinajstić information content (AvgIpc) is 2.83. The molecule has 0 N–H and O–H groups in total. The van der Waals surface area contributed by atoms with Gasteiger partial charge >= 0.3 is 0 Å². The lowest BCUT2D eigenvalue weighted by atomic mass is 9.93. The van der Waals surface area contributed by atoms with Gasteiger partial charge in [0.15, 0.2) is 6.61 Å². The lowest BCUT2D eigenvalue weighted by Crippen LogP contribution is -2.41. The summed E-state index contributed by atoms with van der Waals surface area (Å²) in [5.74, 6) is 1.30. The van der Waals surface area contributed by atoms with E-state index in [9.17, 15) is 4.79 Å². The van der Waals surface area contributed by atoms with Crippen LogP contribution in [0.15, 0.2) is 55.0 Å². The summed E-state index contributed by atoms with van der Waals surface area (Å²) in [5, 5.41) is 0.